The average Bonchev–Trinajstić information content (AvgIpc) is 3.54. The van der Waals surface area contributed by atoms with Crippen molar-refractivity contribution in [3.8, 4) is 0 Å². The Hall–Kier alpha value is -7.58. The number of nitro groups is 1. The van der Waals surface area contributed by atoms with Crippen LogP contribution in [0.5, 0.6) is 0 Å². The van der Waals surface area contributed by atoms with E-state index in [-0.39, 0.29) is 34.5 Å². The summed E-state index contributed by atoms with van der Waals surface area (Å²) in [5.74, 6) is -2.15. The van der Waals surface area contributed by atoms with Gasteiger partial charge in [0.25, 0.3) is 5.69 Å². The van der Waals surface area contributed by atoms with Crippen LogP contribution in [0.3, 0.4) is 0 Å². The first-order valence-corrected chi connectivity index (χ1v) is 19.1. The standard InChI is InChI=1S/C46H37N5O9/c1-46(39-22-12-14-26-48-39)28-36(34-21-11-13-25-47-34)49-35-27-33(51(55)56)23-24-37(35)50(46)42-41(60-45(54)32-19-9-4-10-20-32)40(59-44(53)31-17-7-3-8-18-31)38(58-42)29-57-43(52)30-15-5-2-6-16-30/h2-27,38,40-42H,28-29H2,1H3/t38-,40-,41-,42-,46?/m1/s1. The van der Waals surface area contributed by atoms with Gasteiger partial charge >= 0.3 is 17.9 Å². The molecule has 0 bridgehead atoms. The molecule has 0 saturated carbocycles. The van der Waals surface area contributed by atoms with Crippen LogP contribution in [-0.2, 0) is 24.5 Å². The number of benzene rings is 4. The minimum atomic E-state index is -1.41. The van der Waals surface area contributed by atoms with Gasteiger partial charge in [0.1, 0.15) is 12.7 Å². The number of anilines is 1. The number of non-ortho nitro benzene ring substituents is 1. The monoisotopic (exact) mass is 803 g/mol. The highest BCUT2D eigenvalue weighted by Crippen LogP contribution is 2.49. The fourth-order valence-electron chi connectivity index (χ4n) is 7.44. The van der Waals surface area contributed by atoms with Crippen molar-refractivity contribution in [1.82, 2.24) is 9.97 Å². The van der Waals surface area contributed by atoms with Gasteiger partial charge in [-0.25, -0.2) is 19.4 Å². The van der Waals surface area contributed by atoms with Crippen molar-refractivity contribution < 1.29 is 38.3 Å². The van der Waals surface area contributed by atoms with Gasteiger partial charge in [-0.05, 0) is 73.7 Å². The molecule has 2 aliphatic rings. The normalized spacial score (nSPS) is 20.8. The largest absolute Gasteiger partial charge is 0.459 e. The lowest BCUT2D eigenvalue weighted by Crippen LogP contribution is -2.56. The molecule has 1 unspecified atom stereocenters. The number of rotatable bonds is 11. The van der Waals surface area contributed by atoms with Crippen LogP contribution in [0.1, 0.15) is 55.8 Å². The molecule has 1 fully saturated rings. The van der Waals surface area contributed by atoms with Crippen molar-refractivity contribution in [1.29, 1.82) is 0 Å². The number of aliphatic imine (C=N–C) groups is 1. The SMILES string of the molecule is CC1(c2ccccn2)CC(c2ccccn2)=Nc2cc([N+](=O)[O-])ccc2N1[C@@H]1O[C@H](COC(=O)c2ccccc2)[C@@H](OC(=O)c2ccccc2)[C@H]1OC(=O)c1ccccc1. The smallest absolute Gasteiger partial charge is 0.338 e. The molecule has 2 aromatic heterocycles. The molecule has 4 aromatic carbocycles. The number of ether oxygens (including phenoxy) is 4. The second-order valence-corrected chi connectivity index (χ2v) is 14.2. The number of carbonyl (C=O) groups excluding carboxylic acids is 3. The van der Waals surface area contributed by atoms with E-state index in [1.165, 1.54) is 12.1 Å². The molecule has 5 atom stereocenters. The molecule has 2 aliphatic heterocycles. The van der Waals surface area contributed by atoms with Crippen LogP contribution in [0.4, 0.5) is 17.1 Å². The lowest BCUT2D eigenvalue weighted by Gasteiger charge is -2.46. The summed E-state index contributed by atoms with van der Waals surface area (Å²) >= 11 is 0. The van der Waals surface area contributed by atoms with E-state index < -0.39 is 59.5 Å². The molecule has 0 radical (unpaired) electrons. The predicted molar refractivity (Wildman–Crippen MR) is 219 cm³/mol. The third kappa shape index (κ3) is 8.08. The summed E-state index contributed by atoms with van der Waals surface area (Å²) in [5, 5.41) is 12.2. The van der Waals surface area contributed by atoms with Gasteiger partial charge in [-0.2, -0.15) is 0 Å². The van der Waals surface area contributed by atoms with Crippen molar-refractivity contribution >= 4 is 40.7 Å². The van der Waals surface area contributed by atoms with E-state index >= 15 is 0 Å². The van der Waals surface area contributed by atoms with E-state index in [1.807, 2.05) is 25.1 Å². The Morgan fingerprint density at radius 3 is 1.87 bits per heavy atom. The third-order valence-corrected chi connectivity index (χ3v) is 10.3. The van der Waals surface area contributed by atoms with Crippen molar-refractivity contribution in [3.05, 3.63) is 196 Å². The Morgan fingerprint density at radius 1 is 0.733 bits per heavy atom. The molecule has 0 spiro atoms. The predicted octanol–water partition coefficient (Wildman–Crippen LogP) is 7.66. The number of hydrogen-bond donors (Lipinski definition) is 0. The number of carbonyl (C=O) groups is 3. The second-order valence-electron chi connectivity index (χ2n) is 14.2. The lowest BCUT2D eigenvalue weighted by atomic mass is 9.86. The molecule has 0 aliphatic carbocycles. The molecule has 14 heteroatoms. The van der Waals surface area contributed by atoms with Crippen molar-refractivity contribution in [3.63, 3.8) is 0 Å². The van der Waals surface area contributed by atoms with Gasteiger partial charge in [0.2, 0.25) is 0 Å². The zero-order chi connectivity index (χ0) is 41.6. The molecule has 8 rings (SSSR count). The maximum absolute atomic E-state index is 14.1. The maximum atomic E-state index is 14.1. The summed E-state index contributed by atoms with van der Waals surface area (Å²) in [6.07, 6.45) is -1.93. The van der Waals surface area contributed by atoms with Crippen molar-refractivity contribution in [2.75, 3.05) is 11.5 Å². The van der Waals surface area contributed by atoms with Gasteiger partial charge in [-0.1, -0.05) is 66.7 Å². The van der Waals surface area contributed by atoms with Gasteiger partial charge in [-0.3, -0.25) is 20.1 Å². The van der Waals surface area contributed by atoms with E-state index in [1.54, 1.807) is 133 Å². The van der Waals surface area contributed by atoms with Crippen LogP contribution in [-0.4, -0.2) is 69.7 Å². The summed E-state index contributed by atoms with van der Waals surface area (Å²) in [5.41, 5.74) is 1.32. The molecule has 0 amide bonds. The Bertz CT molecular complexity index is 2530. The number of aromatic nitrogens is 2. The Kier molecular flexibility index (Phi) is 11.2. The molecule has 60 heavy (non-hydrogen) atoms. The summed E-state index contributed by atoms with van der Waals surface area (Å²) in [4.78, 5) is 69.4. The Morgan fingerprint density at radius 2 is 1.30 bits per heavy atom. The quantitative estimate of drug-likeness (QED) is 0.0543. The number of nitrogens with zero attached hydrogens (tertiary/aromatic N) is 5. The molecule has 300 valence electrons. The van der Waals surface area contributed by atoms with Gasteiger partial charge < -0.3 is 23.8 Å². The fraction of sp³-hybridized carbons (Fsp3) is 0.174. The van der Waals surface area contributed by atoms with E-state index in [4.69, 9.17) is 28.9 Å². The van der Waals surface area contributed by atoms with Crippen molar-refractivity contribution in [2.45, 2.75) is 43.4 Å². The fourth-order valence-corrected chi connectivity index (χ4v) is 7.44. The van der Waals surface area contributed by atoms with Crippen LogP contribution < -0.4 is 4.90 Å². The average molecular weight is 804 g/mol. The highest BCUT2D eigenvalue weighted by Gasteiger charge is 2.57. The van der Waals surface area contributed by atoms with Crippen LogP contribution in [0.25, 0.3) is 0 Å². The topological polar surface area (TPSA) is 173 Å². The molecule has 0 N–H and O–H groups in total. The summed E-state index contributed by atoms with van der Waals surface area (Å²) in [6, 6.07) is 40.0. The lowest BCUT2D eigenvalue weighted by molar-refractivity contribution is -0.384. The van der Waals surface area contributed by atoms with Gasteiger partial charge in [-0.15, -0.1) is 0 Å². The number of esters is 3. The number of pyridine rings is 2. The van der Waals surface area contributed by atoms with Crippen LogP contribution in [0.15, 0.2) is 163 Å². The van der Waals surface area contributed by atoms with E-state index in [0.717, 1.165) is 0 Å². The minimum Gasteiger partial charge on any atom is -0.459 e. The van der Waals surface area contributed by atoms with E-state index in [2.05, 4.69) is 4.98 Å². The Labute approximate surface area is 344 Å². The highest BCUT2D eigenvalue weighted by atomic mass is 16.7. The van der Waals surface area contributed by atoms with Gasteiger partial charge in [0.15, 0.2) is 18.4 Å². The summed E-state index contributed by atoms with van der Waals surface area (Å²) in [7, 11) is 0. The molecule has 1 saturated heterocycles. The van der Waals surface area contributed by atoms with Crippen LogP contribution in [0.2, 0.25) is 0 Å². The van der Waals surface area contributed by atoms with Crippen LogP contribution >= 0.6 is 0 Å². The molecule has 4 heterocycles. The minimum absolute atomic E-state index is 0.116. The second kappa shape index (κ2) is 17.1. The molecule has 6 aromatic rings. The molecular weight excluding hydrogens is 767 g/mol. The summed E-state index contributed by atoms with van der Waals surface area (Å²) in [6.45, 7) is 1.48. The molecular formula is C46H37N5O9. The maximum Gasteiger partial charge on any atom is 0.338 e. The zero-order valence-corrected chi connectivity index (χ0v) is 32.1. The molecule has 14 nitrogen and oxygen atoms in total. The van der Waals surface area contributed by atoms with Crippen molar-refractivity contribution in [2.24, 2.45) is 4.99 Å². The van der Waals surface area contributed by atoms with Crippen LogP contribution in [0, 0.1) is 10.1 Å². The highest BCUT2D eigenvalue weighted by molar-refractivity contribution is 6.03. The number of hydrogen-bond acceptors (Lipinski definition) is 13. The zero-order valence-electron chi connectivity index (χ0n) is 32.1. The van der Waals surface area contributed by atoms with E-state index in [9.17, 15) is 24.5 Å². The first-order chi connectivity index (χ1) is 29.2. The van der Waals surface area contributed by atoms with Gasteiger partial charge in [0.05, 0.1) is 55.6 Å². The van der Waals surface area contributed by atoms with E-state index in [0.29, 0.717) is 22.8 Å². The third-order valence-electron chi connectivity index (χ3n) is 10.3. The Balaban J connectivity index is 1.31. The first kappa shape index (κ1) is 39.3. The number of nitro benzene ring substituents is 1. The van der Waals surface area contributed by atoms with Gasteiger partial charge in [0, 0.05) is 30.9 Å². The first-order valence-electron chi connectivity index (χ1n) is 19.1. The summed E-state index contributed by atoms with van der Waals surface area (Å²) < 4.78 is 25.4. The number of fused-ring (bicyclic) bond motifs is 1.